The van der Waals surface area contributed by atoms with Gasteiger partial charge >= 0.3 is 5.97 Å². The molecule has 32 heavy (non-hydrogen) atoms. The molecule has 0 heterocycles. The summed E-state index contributed by atoms with van der Waals surface area (Å²) in [6.07, 6.45) is 0.0421. The summed E-state index contributed by atoms with van der Waals surface area (Å²) in [5.74, 6) is -0.773. The van der Waals surface area contributed by atoms with E-state index >= 15 is 0 Å². The highest BCUT2D eigenvalue weighted by atomic mass is 35.5. The van der Waals surface area contributed by atoms with E-state index in [4.69, 9.17) is 21.1 Å². The Morgan fingerprint density at radius 1 is 0.875 bits per heavy atom. The number of nitrogens with one attached hydrogen (secondary N) is 2. The lowest BCUT2D eigenvalue weighted by Crippen LogP contribution is -2.21. The lowest BCUT2D eigenvalue weighted by molar-refractivity contribution is -0.146. The number of halogens is 1. The average Bonchev–Trinajstić information content (AvgIpc) is 2.80. The Bertz CT molecular complexity index is 1100. The van der Waals surface area contributed by atoms with Crippen LogP contribution in [0.25, 0.3) is 0 Å². The number of methoxy groups -OCH3 is 1. The second kappa shape index (κ2) is 11.0. The normalized spacial score (nSPS) is 10.2. The molecule has 3 aromatic rings. The van der Waals surface area contributed by atoms with Crippen molar-refractivity contribution in [2.75, 3.05) is 24.4 Å². The van der Waals surface area contributed by atoms with Gasteiger partial charge in [0.15, 0.2) is 6.61 Å². The maximum Gasteiger partial charge on any atom is 0.310 e. The Kier molecular flexibility index (Phi) is 7.83. The van der Waals surface area contributed by atoms with Crippen LogP contribution in [-0.2, 0) is 20.7 Å². The Morgan fingerprint density at radius 3 is 2.25 bits per heavy atom. The van der Waals surface area contributed by atoms with Crippen molar-refractivity contribution in [3.8, 4) is 5.75 Å². The molecule has 3 rings (SSSR count). The largest absolute Gasteiger partial charge is 0.495 e. The van der Waals surface area contributed by atoms with Gasteiger partial charge in [0.1, 0.15) is 5.75 Å². The third-order valence-electron chi connectivity index (χ3n) is 4.41. The van der Waals surface area contributed by atoms with Crippen LogP contribution in [0.1, 0.15) is 15.9 Å². The van der Waals surface area contributed by atoms with Gasteiger partial charge in [0.2, 0.25) is 0 Å². The third kappa shape index (κ3) is 6.58. The number of esters is 1. The minimum Gasteiger partial charge on any atom is -0.495 e. The molecule has 0 unspecified atom stereocenters. The molecule has 2 amide bonds. The molecule has 3 aromatic carbocycles. The number of hydrogen-bond acceptors (Lipinski definition) is 5. The molecule has 0 radical (unpaired) electrons. The van der Waals surface area contributed by atoms with Crippen LogP contribution in [0.4, 0.5) is 11.4 Å². The third-order valence-corrected chi connectivity index (χ3v) is 4.66. The molecule has 0 aliphatic rings. The van der Waals surface area contributed by atoms with E-state index in [0.29, 0.717) is 27.7 Å². The summed E-state index contributed by atoms with van der Waals surface area (Å²) in [4.78, 5) is 36.4. The number of carbonyl (C=O) groups is 3. The minimum atomic E-state index is -0.522. The molecule has 0 aliphatic heterocycles. The molecule has 2 N–H and O–H groups in total. The number of ether oxygens (including phenoxy) is 2. The van der Waals surface area contributed by atoms with Gasteiger partial charge in [-0.2, -0.15) is 0 Å². The van der Waals surface area contributed by atoms with Crippen molar-refractivity contribution in [2.45, 2.75) is 6.42 Å². The van der Waals surface area contributed by atoms with Crippen molar-refractivity contribution < 1.29 is 23.9 Å². The number of carbonyl (C=O) groups excluding carboxylic acids is 3. The van der Waals surface area contributed by atoms with Gasteiger partial charge in [-0.3, -0.25) is 14.4 Å². The molecule has 7 nitrogen and oxygen atoms in total. The Hall–Kier alpha value is -3.84. The van der Waals surface area contributed by atoms with Crippen LogP contribution in [0.3, 0.4) is 0 Å². The highest BCUT2D eigenvalue weighted by Gasteiger charge is 2.11. The van der Waals surface area contributed by atoms with Crippen LogP contribution in [0, 0.1) is 0 Å². The lowest BCUT2D eigenvalue weighted by atomic mass is 10.1. The van der Waals surface area contributed by atoms with Crippen molar-refractivity contribution in [2.24, 2.45) is 0 Å². The van der Waals surface area contributed by atoms with Crippen molar-refractivity contribution >= 4 is 40.8 Å². The molecule has 0 atom stereocenters. The average molecular weight is 453 g/mol. The Morgan fingerprint density at radius 2 is 1.56 bits per heavy atom. The first-order valence-corrected chi connectivity index (χ1v) is 10.1. The van der Waals surface area contributed by atoms with Gasteiger partial charge in [0.25, 0.3) is 11.8 Å². The van der Waals surface area contributed by atoms with E-state index in [1.165, 1.54) is 7.11 Å². The SMILES string of the molecule is COc1ccccc1NC(=O)c1ccc(NC(=O)COC(=O)Cc2ccc(Cl)cc2)cc1. The summed E-state index contributed by atoms with van der Waals surface area (Å²) in [6.45, 7) is -0.414. The summed E-state index contributed by atoms with van der Waals surface area (Å²) in [5.41, 5.74) is 2.17. The standard InChI is InChI=1S/C24H21ClN2O5/c1-31-21-5-3-2-4-20(21)27-24(30)17-8-12-19(13-9-17)26-22(28)15-32-23(29)14-16-6-10-18(25)11-7-16/h2-13H,14-15H2,1H3,(H,26,28)(H,27,30). The Labute approximate surface area is 190 Å². The van der Waals surface area contributed by atoms with Crippen LogP contribution < -0.4 is 15.4 Å². The van der Waals surface area contributed by atoms with Gasteiger partial charge in [-0.1, -0.05) is 35.9 Å². The van der Waals surface area contributed by atoms with E-state index < -0.39 is 18.5 Å². The van der Waals surface area contributed by atoms with Crippen LogP contribution in [-0.4, -0.2) is 31.5 Å². The predicted octanol–water partition coefficient (Wildman–Crippen LogP) is 4.33. The van der Waals surface area contributed by atoms with E-state index in [1.807, 2.05) is 0 Å². The maximum absolute atomic E-state index is 12.4. The van der Waals surface area contributed by atoms with Crippen LogP contribution in [0.2, 0.25) is 5.02 Å². The van der Waals surface area contributed by atoms with E-state index in [9.17, 15) is 14.4 Å². The zero-order valence-corrected chi connectivity index (χ0v) is 18.0. The maximum atomic E-state index is 12.4. The van der Waals surface area contributed by atoms with Gasteiger partial charge < -0.3 is 20.1 Å². The molecule has 164 valence electrons. The van der Waals surface area contributed by atoms with Gasteiger partial charge in [-0.25, -0.2) is 0 Å². The lowest BCUT2D eigenvalue weighted by Gasteiger charge is -2.10. The van der Waals surface area contributed by atoms with E-state index in [-0.39, 0.29) is 12.3 Å². The second-order valence-electron chi connectivity index (χ2n) is 6.74. The van der Waals surface area contributed by atoms with Crippen LogP contribution >= 0.6 is 11.6 Å². The summed E-state index contributed by atoms with van der Waals surface area (Å²) in [7, 11) is 1.53. The molecule has 0 aliphatic carbocycles. The van der Waals surface area contributed by atoms with Crippen molar-refractivity contribution in [3.05, 3.63) is 88.9 Å². The fourth-order valence-corrected chi connectivity index (χ4v) is 2.94. The first kappa shape index (κ1) is 22.8. The summed E-state index contributed by atoms with van der Waals surface area (Å²) in [5, 5.41) is 5.97. The summed E-state index contributed by atoms with van der Waals surface area (Å²) in [6, 6.07) is 20.2. The zero-order chi connectivity index (χ0) is 22.9. The quantitative estimate of drug-likeness (QED) is 0.496. The second-order valence-corrected chi connectivity index (χ2v) is 7.18. The molecule has 0 fully saturated rings. The summed E-state index contributed by atoms with van der Waals surface area (Å²) < 4.78 is 10.2. The first-order valence-electron chi connectivity index (χ1n) is 9.69. The molecular weight excluding hydrogens is 432 g/mol. The smallest absolute Gasteiger partial charge is 0.310 e. The molecule has 0 bridgehead atoms. The van der Waals surface area contributed by atoms with Gasteiger partial charge in [0.05, 0.1) is 19.2 Å². The molecule has 8 heteroatoms. The van der Waals surface area contributed by atoms with Crippen molar-refractivity contribution in [3.63, 3.8) is 0 Å². The predicted molar refractivity (Wildman–Crippen MR) is 122 cm³/mol. The highest BCUT2D eigenvalue weighted by molar-refractivity contribution is 6.30. The topological polar surface area (TPSA) is 93.7 Å². The highest BCUT2D eigenvalue weighted by Crippen LogP contribution is 2.23. The van der Waals surface area contributed by atoms with E-state index in [0.717, 1.165) is 5.56 Å². The monoisotopic (exact) mass is 452 g/mol. The van der Waals surface area contributed by atoms with Crippen LogP contribution in [0.15, 0.2) is 72.8 Å². The number of benzene rings is 3. The first-order chi connectivity index (χ1) is 15.4. The van der Waals surface area contributed by atoms with E-state index in [2.05, 4.69) is 10.6 Å². The number of anilines is 2. The molecule has 0 saturated carbocycles. The van der Waals surface area contributed by atoms with Crippen LogP contribution in [0.5, 0.6) is 5.75 Å². The van der Waals surface area contributed by atoms with Crippen molar-refractivity contribution in [1.82, 2.24) is 0 Å². The number of amides is 2. The minimum absolute atomic E-state index is 0.0421. The van der Waals surface area contributed by atoms with E-state index in [1.54, 1.807) is 72.8 Å². The fourth-order valence-electron chi connectivity index (χ4n) is 2.81. The molecule has 0 aromatic heterocycles. The summed E-state index contributed by atoms with van der Waals surface area (Å²) >= 11 is 5.81. The molecular formula is C24H21ClN2O5. The molecule has 0 saturated heterocycles. The Balaban J connectivity index is 1.48. The fraction of sp³-hybridized carbons (Fsp3) is 0.125. The van der Waals surface area contributed by atoms with Gasteiger partial charge in [0, 0.05) is 16.3 Å². The van der Waals surface area contributed by atoms with Gasteiger partial charge in [-0.05, 0) is 54.1 Å². The van der Waals surface area contributed by atoms with Crippen molar-refractivity contribution in [1.29, 1.82) is 0 Å². The number of hydrogen-bond donors (Lipinski definition) is 2. The van der Waals surface area contributed by atoms with Gasteiger partial charge in [-0.15, -0.1) is 0 Å². The number of rotatable bonds is 8. The molecule has 0 spiro atoms. The number of para-hydroxylation sites is 2. The zero-order valence-electron chi connectivity index (χ0n) is 17.3.